The number of thiazole rings is 1. The minimum atomic E-state index is -0.125. The second-order valence-corrected chi connectivity index (χ2v) is 7.77. The number of nitrogens with one attached hydrogen (secondary N) is 1. The monoisotopic (exact) mass is 464 g/mol. The molecule has 0 saturated carbocycles. The zero-order chi connectivity index (χ0) is 19.4. The summed E-state index contributed by atoms with van der Waals surface area (Å²) in [4.78, 5) is 19.1. The van der Waals surface area contributed by atoms with Gasteiger partial charge >= 0.3 is 0 Å². The Morgan fingerprint density at radius 1 is 1.41 bits per heavy atom. The summed E-state index contributed by atoms with van der Waals surface area (Å²) in [7, 11) is 1.77. The SMILES string of the molecule is CCOC(C)c1nc(CN(C)C(=O)c2nnn(C3CCNCC3)c2C)cs1.Cl.Cl. The minimum Gasteiger partial charge on any atom is -0.372 e. The number of ether oxygens (including phenoxy) is 1. The van der Waals surface area contributed by atoms with Crippen LogP contribution >= 0.6 is 36.2 Å². The highest BCUT2D eigenvalue weighted by atomic mass is 35.5. The van der Waals surface area contributed by atoms with Crippen LogP contribution in [0.4, 0.5) is 0 Å². The number of piperidine rings is 1. The summed E-state index contributed by atoms with van der Waals surface area (Å²) in [5.74, 6) is -0.125. The molecule has 0 bridgehead atoms. The molecule has 3 rings (SSSR count). The van der Waals surface area contributed by atoms with Crippen molar-refractivity contribution in [3.63, 3.8) is 0 Å². The minimum absolute atomic E-state index is 0. The van der Waals surface area contributed by atoms with Crippen LogP contribution in [0.15, 0.2) is 5.38 Å². The van der Waals surface area contributed by atoms with E-state index >= 15 is 0 Å². The van der Waals surface area contributed by atoms with E-state index in [0.29, 0.717) is 24.9 Å². The van der Waals surface area contributed by atoms with E-state index in [4.69, 9.17) is 4.74 Å². The fraction of sp³-hybridized carbons (Fsp3) is 0.667. The highest BCUT2D eigenvalue weighted by Crippen LogP contribution is 2.23. The normalized spacial score (nSPS) is 15.3. The molecule has 11 heteroatoms. The summed E-state index contributed by atoms with van der Waals surface area (Å²) in [6.07, 6.45) is 1.99. The van der Waals surface area contributed by atoms with E-state index in [2.05, 4.69) is 20.6 Å². The molecular formula is C18H30Cl2N6O2S. The van der Waals surface area contributed by atoms with Crippen molar-refractivity contribution in [3.05, 3.63) is 27.5 Å². The number of hydrogen-bond donors (Lipinski definition) is 1. The van der Waals surface area contributed by atoms with Gasteiger partial charge in [-0.1, -0.05) is 5.21 Å². The molecule has 1 atom stereocenters. The van der Waals surface area contributed by atoms with Crippen LogP contribution in [0, 0.1) is 6.92 Å². The van der Waals surface area contributed by atoms with Gasteiger partial charge in [-0.3, -0.25) is 4.79 Å². The van der Waals surface area contributed by atoms with E-state index < -0.39 is 0 Å². The fourth-order valence-electron chi connectivity index (χ4n) is 3.34. The largest absolute Gasteiger partial charge is 0.372 e. The van der Waals surface area contributed by atoms with Gasteiger partial charge in [0.15, 0.2) is 5.69 Å². The fourth-order valence-corrected chi connectivity index (χ4v) is 4.15. The molecule has 1 saturated heterocycles. The molecule has 1 unspecified atom stereocenters. The van der Waals surface area contributed by atoms with Gasteiger partial charge in [0.05, 0.1) is 24.0 Å². The first kappa shape index (κ1) is 25.8. The first-order valence-corrected chi connectivity index (χ1v) is 10.3. The smallest absolute Gasteiger partial charge is 0.276 e. The van der Waals surface area contributed by atoms with E-state index in [9.17, 15) is 4.79 Å². The van der Waals surface area contributed by atoms with Gasteiger partial charge in [-0.15, -0.1) is 41.2 Å². The van der Waals surface area contributed by atoms with E-state index in [0.717, 1.165) is 42.3 Å². The van der Waals surface area contributed by atoms with Crippen LogP contribution in [-0.2, 0) is 11.3 Å². The molecule has 1 fully saturated rings. The van der Waals surface area contributed by atoms with Crippen LogP contribution in [0.1, 0.15) is 65.7 Å². The van der Waals surface area contributed by atoms with Crippen molar-refractivity contribution in [2.45, 2.75) is 52.3 Å². The van der Waals surface area contributed by atoms with Crippen molar-refractivity contribution >= 4 is 42.1 Å². The first-order valence-electron chi connectivity index (χ1n) is 9.45. The number of carbonyl (C=O) groups is 1. The lowest BCUT2D eigenvalue weighted by atomic mass is 10.1. The highest BCUT2D eigenvalue weighted by Gasteiger charge is 2.25. The van der Waals surface area contributed by atoms with Crippen LogP contribution < -0.4 is 5.32 Å². The van der Waals surface area contributed by atoms with Gasteiger partial charge in [0.25, 0.3) is 5.91 Å². The summed E-state index contributed by atoms with van der Waals surface area (Å²) in [6, 6.07) is 0.312. The molecule has 8 nitrogen and oxygen atoms in total. The summed E-state index contributed by atoms with van der Waals surface area (Å²) < 4.78 is 7.49. The molecule has 2 aromatic rings. The Balaban J connectivity index is 0.00000210. The molecule has 0 aromatic carbocycles. The van der Waals surface area contributed by atoms with Crippen molar-refractivity contribution in [1.82, 2.24) is 30.2 Å². The lowest BCUT2D eigenvalue weighted by molar-refractivity contribution is 0.0754. The summed E-state index contributed by atoms with van der Waals surface area (Å²) in [6.45, 7) is 8.92. The second-order valence-electron chi connectivity index (χ2n) is 6.89. The molecule has 1 aliphatic heterocycles. The lowest BCUT2D eigenvalue weighted by Gasteiger charge is -2.23. The zero-order valence-corrected chi connectivity index (χ0v) is 19.7. The predicted octanol–water partition coefficient (Wildman–Crippen LogP) is 3.18. The topological polar surface area (TPSA) is 85.2 Å². The van der Waals surface area contributed by atoms with Gasteiger partial charge < -0.3 is 15.0 Å². The van der Waals surface area contributed by atoms with E-state index in [1.54, 1.807) is 23.3 Å². The number of aromatic nitrogens is 4. The second kappa shape index (κ2) is 11.8. The lowest BCUT2D eigenvalue weighted by Crippen LogP contribution is -2.30. The molecule has 0 spiro atoms. The van der Waals surface area contributed by atoms with E-state index in [1.807, 2.05) is 30.8 Å². The first-order chi connectivity index (χ1) is 13.0. The molecule has 1 N–H and O–H groups in total. The molecule has 1 amide bonds. The van der Waals surface area contributed by atoms with Crippen molar-refractivity contribution in [2.75, 3.05) is 26.7 Å². The van der Waals surface area contributed by atoms with Crippen LogP contribution in [0.2, 0.25) is 0 Å². The summed E-state index contributed by atoms with van der Waals surface area (Å²) in [5.41, 5.74) is 2.12. The molecule has 0 aliphatic carbocycles. The molecule has 0 radical (unpaired) electrons. The number of nitrogens with zero attached hydrogens (tertiary/aromatic N) is 5. The van der Waals surface area contributed by atoms with Crippen LogP contribution in [0.3, 0.4) is 0 Å². The van der Waals surface area contributed by atoms with Gasteiger partial charge in [0, 0.05) is 19.0 Å². The zero-order valence-electron chi connectivity index (χ0n) is 17.3. The van der Waals surface area contributed by atoms with Gasteiger partial charge in [-0.25, -0.2) is 9.67 Å². The molecule has 164 valence electrons. The third kappa shape index (κ3) is 6.11. The average Bonchev–Trinajstić information content (AvgIpc) is 3.29. The van der Waals surface area contributed by atoms with Crippen LogP contribution in [-0.4, -0.2) is 57.5 Å². The average molecular weight is 465 g/mol. The van der Waals surface area contributed by atoms with Gasteiger partial charge in [0.2, 0.25) is 0 Å². The Bertz CT molecular complexity index is 778. The Labute approximate surface area is 188 Å². The van der Waals surface area contributed by atoms with Gasteiger partial charge in [0.1, 0.15) is 11.1 Å². The van der Waals surface area contributed by atoms with Crippen molar-refractivity contribution in [1.29, 1.82) is 0 Å². The van der Waals surface area contributed by atoms with Crippen molar-refractivity contribution in [3.8, 4) is 0 Å². The van der Waals surface area contributed by atoms with E-state index in [-0.39, 0.29) is 36.8 Å². The van der Waals surface area contributed by atoms with Crippen LogP contribution in [0.25, 0.3) is 0 Å². The molecule has 2 aromatic heterocycles. The van der Waals surface area contributed by atoms with Crippen LogP contribution in [0.5, 0.6) is 0 Å². The summed E-state index contributed by atoms with van der Waals surface area (Å²) in [5, 5.41) is 14.7. The maximum atomic E-state index is 12.9. The van der Waals surface area contributed by atoms with Crippen molar-refractivity contribution in [2.24, 2.45) is 0 Å². The van der Waals surface area contributed by atoms with Gasteiger partial charge in [-0.2, -0.15) is 0 Å². The Morgan fingerprint density at radius 3 is 2.76 bits per heavy atom. The van der Waals surface area contributed by atoms with E-state index in [1.165, 1.54) is 0 Å². The quantitative estimate of drug-likeness (QED) is 0.676. The maximum absolute atomic E-state index is 12.9. The summed E-state index contributed by atoms with van der Waals surface area (Å²) >= 11 is 1.56. The third-order valence-corrected chi connectivity index (χ3v) is 5.92. The van der Waals surface area contributed by atoms with Gasteiger partial charge in [-0.05, 0) is 46.7 Å². The Hall–Kier alpha value is -1.26. The number of rotatable bonds is 7. The number of hydrogen-bond acceptors (Lipinski definition) is 7. The molecule has 29 heavy (non-hydrogen) atoms. The van der Waals surface area contributed by atoms with Crippen molar-refractivity contribution < 1.29 is 9.53 Å². The number of halogens is 2. The Morgan fingerprint density at radius 2 is 2.10 bits per heavy atom. The third-order valence-electron chi connectivity index (χ3n) is 4.86. The number of carbonyl (C=O) groups excluding carboxylic acids is 1. The Kier molecular flexibility index (Phi) is 10.5. The number of amides is 1. The molecule has 3 heterocycles. The highest BCUT2D eigenvalue weighted by molar-refractivity contribution is 7.09. The maximum Gasteiger partial charge on any atom is 0.276 e. The standard InChI is InChI=1S/C18H28N6O2S.2ClH/c1-5-26-13(3)17-20-14(11-27-17)10-23(4)18(25)16-12(2)24(22-21-16)15-6-8-19-9-7-15;;/h11,13,15,19H,5-10H2,1-4H3;2*1H. The predicted molar refractivity (Wildman–Crippen MR) is 118 cm³/mol. The molecular weight excluding hydrogens is 435 g/mol. The molecule has 1 aliphatic rings.